The first-order valence-corrected chi connectivity index (χ1v) is 15.2. The molecule has 210 valence electrons. The van der Waals surface area contributed by atoms with Gasteiger partial charge in [-0.15, -0.1) is 11.3 Å². The predicted molar refractivity (Wildman–Crippen MR) is 158 cm³/mol. The molecule has 2 aromatic heterocycles. The Morgan fingerprint density at radius 3 is 2.48 bits per heavy atom. The van der Waals surface area contributed by atoms with Crippen LogP contribution in [-0.4, -0.2) is 42.6 Å². The van der Waals surface area contributed by atoms with E-state index in [9.17, 15) is 18.0 Å². The number of anilines is 1. The van der Waals surface area contributed by atoms with E-state index in [4.69, 9.17) is 4.74 Å². The van der Waals surface area contributed by atoms with Gasteiger partial charge < -0.3 is 10.1 Å². The minimum absolute atomic E-state index is 0.0787. The van der Waals surface area contributed by atoms with Crippen molar-refractivity contribution in [2.24, 2.45) is 5.92 Å². The van der Waals surface area contributed by atoms with Gasteiger partial charge in [-0.1, -0.05) is 68.4 Å². The van der Waals surface area contributed by atoms with E-state index in [-0.39, 0.29) is 13.2 Å². The number of ether oxygens (including phenoxy) is 1. The van der Waals surface area contributed by atoms with Crippen LogP contribution < -0.4 is 14.8 Å². The molecule has 9 nitrogen and oxygen atoms in total. The number of benzene rings is 2. The molecule has 2 heterocycles. The summed E-state index contributed by atoms with van der Waals surface area (Å²) in [5.41, 5.74) is 3.40. The zero-order valence-electron chi connectivity index (χ0n) is 22.6. The number of nitrogens with one attached hydrogen (secondary N) is 2. The van der Waals surface area contributed by atoms with Gasteiger partial charge >= 0.3 is 15.3 Å². The van der Waals surface area contributed by atoms with Crippen LogP contribution in [0.15, 0.2) is 66.9 Å². The minimum atomic E-state index is -4.25. The van der Waals surface area contributed by atoms with Crippen LogP contribution in [0.5, 0.6) is 5.88 Å². The summed E-state index contributed by atoms with van der Waals surface area (Å²) in [6.07, 6.45) is 3.08. The highest BCUT2D eigenvalue weighted by Gasteiger charge is 2.24. The summed E-state index contributed by atoms with van der Waals surface area (Å²) >= 11 is 1.33. The van der Waals surface area contributed by atoms with E-state index in [0.29, 0.717) is 41.0 Å². The Morgan fingerprint density at radius 1 is 1.10 bits per heavy atom. The molecule has 0 spiro atoms. The van der Waals surface area contributed by atoms with Gasteiger partial charge in [0.2, 0.25) is 5.88 Å². The number of carbonyl (C=O) groups excluding carboxylic acids is 2. The normalized spacial score (nSPS) is 11.4. The number of sulfonamides is 1. The van der Waals surface area contributed by atoms with Crippen LogP contribution >= 0.6 is 11.3 Å². The molecule has 4 aromatic rings. The lowest BCUT2D eigenvalue weighted by atomic mass is 10.0. The summed E-state index contributed by atoms with van der Waals surface area (Å²) < 4.78 is 35.3. The van der Waals surface area contributed by atoms with Gasteiger partial charge in [0, 0.05) is 22.5 Å². The maximum Gasteiger partial charge on any atom is 0.357 e. The fourth-order valence-corrected chi connectivity index (χ4v) is 6.60. The van der Waals surface area contributed by atoms with Crippen molar-refractivity contribution in [3.63, 3.8) is 0 Å². The lowest BCUT2D eigenvalue weighted by Crippen LogP contribution is -2.33. The van der Waals surface area contributed by atoms with E-state index in [1.807, 2.05) is 65.2 Å². The molecule has 2 aromatic carbocycles. The average molecular weight is 581 g/mol. The maximum atomic E-state index is 12.6. The zero-order valence-corrected chi connectivity index (χ0v) is 24.2. The smallest absolute Gasteiger partial charge is 0.357 e. The van der Waals surface area contributed by atoms with Crippen molar-refractivity contribution in [3.05, 3.63) is 77.3 Å². The highest BCUT2D eigenvalue weighted by atomic mass is 32.2. The topological polar surface area (TPSA) is 119 Å². The van der Waals surface area contributed by atoms with E-state index in [1.54, 1.807) is 13.1 Å². The monoisotopic (exact) mass is 580 g/mol. The second-order valence-corrected chi connectivity index (χ2v) is 12.2. The maximum absolute atomic E-state index is 12.6. The standard InChI is InChI=1S/C29H32N4O5S2/c1-4-30-29(35)40(36,37)32-28-25(17-24(39-28)16-20(2)3)22-12-10-21(11-13-22)19-33-26(38-15-14-34)18-31-27(33)23-8-6-5-7-9-23/h5-14,17-18,20,32H,4,15-16,19H2,1-3H3,(H,30,35). The molecule has 40 heavy (non-hydrogen) atoms. The van der Waals surface area contributed by atoms with E-state index in [1.165, 1.54) is 11.3 Å². The third-order valence-corrected chi connectivity index (χ3v) is 8.25. The summed E-state index contributed by atoms with van der Waals surface area (Å²) in [5.74, 6) is 1.57. The van der Waals surface area contributed by atoms with Crippen LogP contribution in [0.1, 0.15) is 31.2 Å². The van der Waals surface area contributed by atoms with Gasteiger partial charge in [-0.25, -0.2) is 4.98 Å². The van der Waals surface area contributed by atoms with E-state index < -0.39 is 15.3 Å². The quantitative estimate of drug-likeness (QED) is 0.211. The number of carbonyl (C=O) groups is 2. The van der Waals surface area contributed by atoms with Crippen LogP contribution in [0.4, 0.5) is 9.80 Å². The highest BCUT2D eigenvalue weighted by Crippen LogP contribution is 2.38. The second-order valence-electron chi connectivity index (χ2n) is 9.52. The molecule has 0 aliphatic carbocycles. The Kier molecular flexibility index (Phi) is 9.38. The van der Waals surface area contributed by atoms with Crippen molar-refractivity contribution in [2.45, 2.75) is 33.7 Å². The Labute approximate surface area is 238 Å². The Balaban J connectivity index is 1.65. The van der Waals surface area contributed by atoms with E-state index >= 15 is 0 Å². The molecular weight excluding hydrogens is 548 g/mol. The van der Waals surface area contributed by atoms with E-state index in [0.717, 1.165) is 28.0 Å². The molecule has 4 rings (SSSR count). The van der Waals surface area contributed by atoms with Crippen LogP contribution in [0, 0.1) is 5.92 Å². The van der Waals surface area contributed by atoms with Crippen molar-refractivity contribution in [2.75, 3.05) is 17.9 Å². The summed E-state index contributed by atoms with van der Waals surface area (Å²) in [6.45, 7) is 6.43. The first kappa shape index (κ1) is 29.0. The molecule has 0 bridgehead atoms. The molecule has 0 saturated heterocycles. The SMILES string of the molecule is CCNC(=O)S(=O)(=O)Nc1sc(CC(C)C)cc1-c1ccc(Cn2c(OCC=O)cnc2-c2ccccc2)cc1. The first-order chi connectivity index (χ1) is 19.2. The number of amides is 1. The third kappa shape index (κ3) is 6.97. The molecule has 0 aliphatic rings. The predicted octanol–water partition coefficient (Wildman–Crippen LogP) is 5.57. The number of rotatable bonds is 12. The summed E-state index contributed by atoms with van der Waals surface area (Å²) in [7, 11) is -4.25. The Bertz CT molecular complexity index is 1560. The number of hydrogen-bond acceptors (Lipinski definition) is 7. The third-order valence-electron chi connectivity index (χ3n) is 5.94. The van der Waals surface area contributed by atoms with Crippen molar-refractivity contribution < 1.29 is 22.7 Å². The molecule has 2 N–H and O–H groups in total. The number of aldehydes is 1. The lowest BCUT2D eigenvalue weighted by molar-refractivity contribution is -0.109. The van der Waals surface area contributed by atoms with Gasteiger partial charge in [0.25, 0.3) is 0 Å². The molecule has 0 unspecified atom stereocenters. The molecule has 1 amide bonds. The average Bonchev–Trinajstić information content (AvgIpc) is 3.51. The number of nitrogens with zero attached hydrogens (tertiary/aromatic N) is 2. The molecule has 11 heteroatoms. The number of aromatic nitrogens is 2. The van der Waals surface area contributed by atoms with Gasteiger partial charge in [-0.2, -0.15) is 8.42 Å². The van der Waals surface area contributed by atoms with Gasteiger partial charge in [-0.05, 0) is 36.5 Å². The molecule has 0 atom stereocenters. The van der Waals surface area contributed by atoms with E-state index in [2.05, 4.69) is 28.9 Å². The van der Waals surface area contributed by atoms with Gasteiger partial charge in [0.15, 0.2) is 6.29 Å². The van der Waals surface area contributed by atoms with Crippen molar-refractivity contribution >= 4 is 37.9 Å². The summed E-state index contributed by atoms with van der Waals surface area (Å²) in [5, 5.41) is 1.69. The molecule has 0 saturated carbocycles. The number of hydrogen-bond donors (Lipinski definition) is 2. The number of imidazole rings is 1. The van der Waals surface area contributed by atoms with Gasteiger partial charge in [0.05, 0.1) is 12.7 Å². The fraction of sp³-hybridized carbons (Fsp3) is 0.276. The fourth-order valence-electron chi connectivity index (χ4n) is 4.18. The molecule has 0 fully saturated rings. The Hall–Kier alpha value is -3.96. The highest BCUT2D eigenvalue weighted by molar-refractivity contribution is 8.07. The molecular formula is C29H32N4O5S2. The minimum Gasteiger partial charge on any atom is -0.470 e. The first-order valence-electron chi connectivity index (χ1n) is 12.9. The van der Waals surface area contributed by atoms with Crippen LogP contribution in [0.25, 0.3) is 22.5 Å². The van der Waals surface area contributed by atoms with Gasteiger partial charge in [0.1, 0.15) is 17.4 Å². The zero-order chi connectivity index (χ0) is 28.7. The summed E-state index contributed by atoms with van der Waals surface area (Å²) in [4.78, 5) is 28.6. The van der Waals surface area contributed by atoms with Crippen LogP contribution in [-0.2, 0) is 27.8 Å². The van der Waals surface area contributed by atoms with Crippen molar-refractivity contribution in [3.8, 4) is 28.4 Å². The van der Waals surface area contributed by atoms with Crippen molar-refractivity contribution in [1.29, 1.82) is 0 Å². The largest absolute Gasteiger partial charge is 0.470 e. The summed E-state index contributed by atoms with van der Waals surface area (Å²) in [6, 6.07) is 19.4. The Morgan fingerprint density at radius 2 is 1.82 bits per heavy atom. The molecule has 0 radical (unpaired) electrons. The van der Waals surface area contributed by atoms with Gasteiger partial charge in [-0.3, -0.25) is 18.9 Å². The number of thiophene rings is 1. The van der Waals surface area contributed by atoms with Crippen LogP contribution in [0.3, 0.4) is 0 Å². The molecule has 0 aliphatic heterocycles. The second kappa shape index (κ2) is 12.9. The van der Waals surface area contributed by atoms with Crippen molar-refractivity contribution in [1.82, 2.24) is 14.9 Å². The van der Waals surface area contributed by atoms with Crippen LogP contribution in [0.2, 0.25) is 0 Å². The lowest BCUT2D eigenvalue weighted by Gasteiger charge is -2.13.